The smallest absolute Gasteiger partial charge is 0.308 e. The fourth-order valence-corrected chi connectivity index (χ4v) is 3.74. The number of aromatic nitrogens is 1. The number of carboxylic acid groups (broad SMARTS) is 1. The molecule has 8 heteroatoms. The molecule has 1 fully saturated rings. The summed E-state index contributed by atoms with van der Waals surface area (Å²) < 4.78 is 26.6. The molecule has 1 aliphatic rings. The Hall–Kier alpha value is -1.18. The lowest BCUT2D eigenvalue weighted by atomic mass is 10.1. The molecule has 0 radical (unpaired) electrons. The van der Waals surface area contributed by atoms with Crippen LogP contribution in [0.25, 0.3) is 0 Å². The minimum atomic E-state index is -3.79. The van der Waals surface area contributed by atoms with E-state index < -0.39 is 28.0 Å². The van der Waals surface area contributed by atoms with Crippen molar-refractivity contribution in [3.05, 3.63) is 23.5 Å². The maximum Gasteiger partial charge on any atom is 0.308 e. The molecule has 104 valence electrons. The standard InChI is InChI=1S/C11H13ClN2O4S/c12-7-4-8(6-13-5-7)19(17,18)14-10-3-1-2-9(10)11(15)16/h4-6,9-10,14H,1-3H2,(H,15,16)/t9-,10+/m1/s1. The Balaban J connectivity index is 2.20. The van der Waals surface area contributed by atoms with Crippen LogP contribution in [0.2, 0.25) is 5.02 Å². The number of carboxylic acids is 1. The average molecular weight is 305 g/mol. The van der Waals surface area contributed by atoms with Gasteiger partial charge in [-0.15, -0.1) is 0 Å². The summed E-state index contributed by atoms with van der Waals surface area (Å²) in [7, 11) is -3.79. The number of halogens is 1. The molecular formula is C11H13ClN2O4S. The van der Waals surface area contributed by atoms with Gasteiger partial charge in [0, 0.05) is 18.4 Å². The average Bonchev–Trinajstić information content (AvgIpc) is 2.76. The van der Waals surface area contributed by atoms with Crippen LogP contribution in [0, 0.1) is 5.92 Å². The van der Waals surface area contributed by atoms with Crippen molar-refractivity contribution in [3.8, 4) is 0 Å². The van der Waals surface area contributed by atoms with Crippen molar-refractivity contribution in [2.24, 2.45) is 5.92 Å². The molecule has 6 nitrogen and oxygen atoms in total. The molecule has 19 heavy (non-hydrogen) atoms. The van der Waals surface area contributed by atoms with Crippen molar-refractivity contribution in [3.63, 3.8) is 0 Å². The van der Waals surface area contributed by atoms with Crippen LogP contribution in [-0.2, 0) is 14.8 Å². The van der Waals surface area contributed by atoms with Crippen LogP contribution >= 0.6 is 11.6 Å². The number of sulfonamides is 1. The zero-order valence-corrected chi connectivity index (χ0v) is 11.5. The molecule has 1 aliphatic carbocycles. The minimum absolute atomic E-state index is 0.0592. The zero-order chi connectivity index (χ0) is 14.0. The predicted octanol–water partition coefficient (Wildman–Crippen LogP) is 1.27. The molecule has 0 unspecified atom stereocenters. The molecule has 2 rings (SSSR count). The van der Waals surface area contributed by atoms with Gasteiger partial charge in [0.25, 0.3) is 0 Å². The van der Waals surface area contributed by atoms with Crippen LogP contribution in [0.15, 0.2) is 23.4 Å². The second-order valence-corrected chi connectivity index (χ2v) is 6.59. The maximum absolute atomic E-state index is 12.1. The van der Waals surface area contributed by atoms with Crippen LogP contribution in [-0.4, -0.2) is 30.5 Å². The number of rotatable bonds is 4. The molecule has 1 heterocycles. The largest absolute Gasteiger partial charge is 0.481 e. The van der Waals surface area contributed by atoms with E-state index in [2.05, 4.69) is 9.71 Å². The van der Waals surface area contributed by atoms with Crippen LogP contribution in [0.4, 0.5) is 0 Å². The highest BCUT2D eigenvalue weighted by Gasteiger charge is 2.35. The van der Waals surface area contributed by atoms with Gasteiger partial charge in [0.1, 0.15) is 4.90 Å². The monoisotopic (exact) mass is 304 g/mol. The van der Waals surface area contributed by atoms with Crippen LogP contribution < -0.4 is 4.72 Å². The third kappa shape index (κ3) is 3.23. The summed E-state index contributed by atoms with van der Waals surface area (Å²) in [5.74, 6) is -1.66. The first-order valence-electron chi connectivity index (χ1n) is 5.76. The molecule has 0 aliphatic heterocycles. The van der Waals surface area contributed by atoms with Crippen molar-refractivity contribution in [2.45, 2.75) is 30.2 Å². The summed E-state index contributed by atoms with van der Waals surface area (Å²) in [6, 6.07) is 0.697. The van der Waals surface area contributed by atoms with Crippen molar-refractivity contribution in [1.82, 2.24) is 9.71 Å². The molecule has 2 N–H and O–H groups in total. The fraction of sp³-hybridized carbons (Fsp3) is 0.455. The molecule has 1 aromatic heterocycles. The maximum atomic E-state index is 12.1. The lowest BCUT2D eigenvalue weighted by Crippen LogP contribution is -2.40. The summed E-state index contributed by atoms with van der Waals surface area (Å²) in [4.78, 5) is 14.7. The molecule has 1 aromatic rings. The van der Waals surface area contributed by atoms with Gasteiger partial charge in [0.15, 0.2) is 0 Å². The minimum Gasteiger partial charge on any atom is -0.481 e. The van der Waals surface area contributed by atoms with E-state index in [-0.39, 0.29) is 9.92 Å². The Morgan fingerprint density at radius 3 is 2.79 bits per heavy atom. The second-order valence-electron chi connectivity index (χ2n) is 4.44. The van der Waals surface area contributed by atoms with Gasteiger partial charge in [0.2, 0.25) is 10.0 Å². The van der Waals surface area contributed by atoms with Crippen LogP contribution in [0.5, 0.6) is 0 Å². The van der Waals surface area contributed by atoms with Crippen LogP contribution in [0.3, 0.4) is 0 Å². The first-order valence-corrected chi connectivity index (χ1v) is 7.62. The molecule has 0 bridgehead atoms. The first kappa shape index (κ1) is 14.2. The summed E-state index contributed by atoms with van der Waals surface area (Å²) in [5, 5.41) is 9.24. The Bertz CT molecular complexity index is 590. The summed E-state index contributed by atoms with van der Waals surface area (Å²) in [6.45, 7) is 0. The van der Waals surface area contributed by atoms with Gasteiger partial charge in [-0.25, -0.2) is 13.1 Å². The van der Waals surface area contributed by atoms with E-state index in [1.807, 2.05) is 0 Å². The van der Waals surface area contributed by atoms with Gasteiger partial charge >= 0.3 is 5.97 Å². The molecular weight excluding hydrogens is 292 g/mol. The van der Waals surface area contributed by atoms with E-state index in [1.165, 1.54) is 18.5 Å². The van der Waals surface area contributed by atoms with E-state index in [0.717, 1.165) is 0 Å². The summed E-state index contributed by atoms with van der Waals surface area (Å²) in [6.07, 6.45) is 4.20. The topological polar surface area (TPSA) is 96.4 Å². The SMILES string of the molecule is O=C(O)[C@@H]1CCC[C@@H]1NS(=O)(=O)c1cncc(Cl)c1. The number of hydrogen-bond acceptors (Lipinski definition) is 4. The van der Waals surface area contributed by atoms with Crippen molar-refractivity contribution in [1.29, 1.82) is 0 Å². The normalized spacial score (nSPS) is 23.4. The van der Waals surface area contributed by atoms with E-state index in [1.54, 1.807) is 0 Å². The summed E-state index contributed by atoms with van der Waals surface area (Å²) in [5.41, 5.74) is 0. The van der Waals surface area contributed by atoms with Gasteiger partial charge in [-0.2, -0.15) is 0 Å². The van der Waals surface area contributed by atoms with E-state index in [0.29, 0.717) is 19.3 Å². The van der Waals surface area contributed by atoms with Gasteiger partial charge < -0.3 is 5.11 Å². The Morgan fingerprint density at radius 2 is 2.16 bits per heavy atom. The Morgan fingerprint density at radius 1 is 1.42 bits per heavy atom. The number of pyridine rings is 1. The highest BCUT2D eigenvalue weighted by Crippen LogP contribution is 2.27. The number of hydrogen-bond donors (Lipinski definition) is 2. The number of aliphatic carboxylic acids is 1. The molecule has 0 aromatic carbocycles. The highest BCUT2D eigenvalue weighted by atomic mass is 35.5. The zero-order valence-electron chi connectivity index (χ0n) is 9.91. The van der Waals surface area contributed by atoms with Gasteiger partial charge in [-0.3, -0.25) is 9.78 Å². The molecule has 0 amide bonds. The fourth-order valence-electron chi connectivity index (χ4n) is 2.20. The van der Waals surface area contributed by atoms with Crippen molar-refractivity contribution < 1.29 is 18.3 Å². The predicted molar refractivity (Wildman–Crippen MR) is 68.3 cm³/mol. The van der Waals surface area contributed by atoms with E-state index in [9.17, 15) is 13.2 Å². The third-order valence-corrected chi connectivity index (χ3v) is 4.79. The molecule has 1 saturated carbocycles. The number of carbonyl (C=O) groups is 1. The highest BCUT2D eigenvalue weighted by molar-refractivity contribution is 7.89. The molecule has 0 spiro atoms. The number of nitrogens with one attached hydrogen (secondary N) is 1. The third-order valence-electron chi connectivity index (χ3n) is 3.13. The van der Waals surface area contributed by atoms with Crippen molar-refractivity contribution >= 4 is 27.6 Å². The van der Waals surface area contributed by atoms with Crippen molar-refractivity contribution in [2.75, 3.05) is 0 Å². The lowest BCUT2D eigenvalue weighted by molar-refractivity contribution is -0.141. The van der Waals surface area contributed by atoms with Gasteiger partial charge in [0.05, 0.1) is 10.9 Å². The molecule has 0 saturated heterocycles. The number of nitrogens with zero attached hydrogens (tertiary/aromatic N) is 1. The van der Waals surface area contributed by atoms with Gasteiger partial charge in [-0.05, 0) is 18.9 Å². The first-order chi connectivity index (χ1) is 8.90. The Kier molecular flexibility index (Phi) is 4.07. The Labute approximate surface area is 115 Å². The van der Waals surface area contributed by atoms with E-state index in [4.69, 9.17) is 16.7 Å². The van der Waals surface area contributed by atoms with Gasteiger partial charge in [-0.1, -0.05) is 18.0 Å². The van der Waals surface area contributed by atoms with E-state index >= 15 is 0 Å². The molecule has 2 atom stereocenters. The summed E-state index contributed by atoms with van der Waals surface area (Å²) >= 11 is 5.70. The lowest BCUT2D eigenvalue weighted by Gasteiger charge is -2.17. The quantitative estimate of drug-likeness (QED) is 0.873. The second kappa shape index (κ2) is 5.44. The van der Waals surface area contributed by atoms with Crippen LogP contribution in [0.1, 0.15) is 19.3 Å².